The number of benzene rings is 1. The van der Waals surface area contributed by atoms with Gasteiger partial charge in [-0.05, 0) is 31.9 Å². The van der Waals surface area contributed by atoms with Crippen LogP contribution < -0.4 is 10.6 Å². The molecule has 1 aromatic heterocycles. The number of amides is 2. The first-order chi connectivity index (χ1) is 11.4. The van der Waals surface area contributed by atoms with Crippen molar-refractivity contribution in [1.82, 2.24) is 20.1 Å². The third kappa shape index (κ3) is 4.82. The number of hydrogen-bond donors (Lipinski definition) is 2. The van der Waals surface area contributed by atoms with Crippen LogP contribution in [0.15, 0.2) is 23.6 Å². The normalized spacial score (nSPS) is 10.5. The maximum absolute atomic E-state index is 12.0. The number of nitrogens with one attached hydrogen (secondary N) is 2. The third-order valence-electron chi connectivity index (χ3n) is 3.39. The van der Waals surface area contributed by atoms with Crippen molar-refractivity contribution in [2.45, 2.75) is 25.9 Å². The van der Waals surface area contributed by atoms with E-state index in [4.69, 9.17) is 0 Å². The number of carbonyl (C=O) groups is 2. The minimum Gasteiger partial charge on any atom is -0.346 e. The van der Waals surface area contributed by atoms with Gasteiger partial charge >= 0.3 is 0 Å². The van der Waals surface area contributed by atoms with E-state index < -0.39 is 0 Å². The summed E-state index contributed by atoms with van der Waals surface area (Å²) in [6, 6.07) is 4.03. The standard InChI is InChI=1S/C16H21N5O2S/c1-10-5-11(2)15(12(3)6-10)19-13(22)7-17-14(23)8-24-16-20-18-9-21(16)4/h5-6,9H,7-8H2,1-4H3,(H,17,23)(H,19,22). The lowest BCUT2D eigenvalue weighted by molar-refractivity contribution is -0.122. The van der Waals surface area contributed by atoms with Crippen molar-refractivity contribution in [3.05, 3.63) is 35.2 Å². The first kappa shape index (κ1) is 18.0. The molecule has 8 heteroatoms. The van der Waals surface area contributed by atoms with E-state index in [1.807, 2.05) is 32.9 Å². The molecule has 1 aromatic carbocycles. The van der Waals surface area contributed by atoms with E-state index in [9.17, 15) is 9.59 Å². The second kappa shape index (κ2) is 7.96. The van der Waals surface area contributed by atoms with Gasteiger partial charge in [0.05, 0.1) is 12.3 Å². The maximum atomic E-state index is 12.0. The molecule has 0 unspecified atom stereocenters. The SMILES string of the molecule is Cc1cc(C)c(NC(=O)CNC(=O)CSc2nncn2C)c(C)c1. The first-order valence-electron chi connectivity index (χ1n) is 7.48. The highest BCUT2D eigenvalue weighted by Gasteiger charge is 2.11. The Morgan fingerprint density at radius 2 is 1.83 bits per heavy atom. The molecule has 0 aliphatic heterocycles. The van der Waals surface area contributed by atoms with Crippen molar-refractivity contribution in [1.29, 1.82) is 0 Å². The predicted octanol–water partition coefficient (Wildman–Crippen LogP) is 1.59. The average molecular weight is 347 g/mol. The molecule has 0 spiro atoms. The van der Waals surface area contributed by atoms with Crippen LogP contribution in [0.1, 0.15) is 16.7 Å². The van der Waals surface area contributed by atoms with Crippen molar-refractivity contribution >= 4 is 29.3 Å². The Hall–Kier alpha value is -2.35. The van der Waals surface area contributed by atoms with Crippen LogP contribution in [0, 0.1) is 20.8 Å². The number of carbonyl (C=O) groups excluding carboxylic acids is 2. The number of aromatic nitrogens is 3. The summed E-state index contributed by atoms with van der Waals surface area (Å²) < 4.78 is 1.73. The summed E-state index contributed by atoms with van der Waals surface area (Å²) >= 11 is 1.27. The van der Waals surface area contributed by atoms with Crippen LogP contribution >= 0.6 is 11.8 Å². The lowest BCUT2D eigenvalue weighted by atomic mass is 10.1. The van der Waals surface area contributed by atoms with Crippen molar-refractivity contribution in [3.63, 3.8) is 0 Å². The number of anilines is 1. The Morgan fingerprint density at radius 3 is 2.42 bits per heavy atom. The van der Waals surface area contributed by atoms with Gasteiger partial charge < -0.3 is 15.2 Å². The van der Waals surface area contributed by atoms with E-state index in [1.54, 1.807) is 17.9 Å². The lowest BCUT2D eigenvalue weighted by Gasteiger charge is -2.13. The molecule has 7 nitrogen and oxygen atoms in total. The smallest absolute Gasteiger partial charge is 0.243 e. The van der Waals surface area contributed by atoms with Gasteiger partial charge in [0.2, 0.25) is 11.8 Å². The van der Waals surface area contributed by atoms with Crippen LogP contribution in [0.4, 0.5) is 5.69 Å². The molecule has 128 valence electrons. The zero-order chi connectivity index (χ0) is 17.7. The Balaban J connectivity index is 1.81. The van der Waals surface area contributed by atoms with Crippen LogP contribution in [0.5, 0.6) is 0 Å². The summed E-state index contributed by atoms with van der Waals surface area (Å²) in [5, 5.41) is 13.7. The molecule has 0 saturated heterocycles. The van der Waals surface area contributed by atoms with E-state index in [-0.39, 0.29) is 24.1 Å². The molecule has 0 fully saturated rings. The van der Waals surface area contributed by atoms with Gasteiger partial charge in [0.25, 0.3) is 0 Å². The number of aryl methyl sites for hydroxylation is 4. The topological polar surface area (TPSA) is 88.9 Å². The molecular weight excluding hydrogens is 326 g/mol. The summed E-state index contributed by atoms with van der Waals surface area (Å²) in [7, 11) is 1.81. The molecule has 0 saturated carbocycles. The fourth-order valence-corrected chi connectivity index (χ4v) is 3.04. The summed E-state index contributed by atoms with van der Waals surface area (Å²) in [4.78, 5) is 23.8. The van der Waals surface area contributed by atoms with Crippen LogP contribution in [-0.2, 0) is 16.6 Å². The van der Waals surface area contributed by atoms with Crippen LogP contribution in [0.2, 0.25) is 0 Å². The summed E-state index contributed by atoms with van der Waals surface area (Å²) in [6.45, 7) is 5.85. The molecule has 0 atom stereocenters. The van der Waals surface area contributed by atoms with Gasteiger partial charge in [-0.2, -0.15) is 0 Å². The Labute approximate surface area is 145 Å². The highest BCUT2D eigenvalue weighted by atomic mass is 32.2. The number of thioether (sulfide) groups is 1. The van der Waals surface area contributed by atoms with Crippen LogP contribution in [0.3, 0.4) is 0 Å². The predicted molar refractivity (Wildman–Crippen MR) is 94.0 cm³/mol. The van der Waals surface area contributed by atoms with Crippen LogP contribution in [0.25, 0.3) is 0 Å². The summed E-state index contributed by atoms with van der Waals surface area (Å²) in [5.74, 6) is -0.292. The largest absolute Gasteiger partial charge is 0.346 e. The first-order valence-corrected chi connectivity index (χ1v) is 8.46. The average Bonchev–Trinajstić information content (AvgIpc) is 2.92. The lowest BCUT2D eigenvalue weighted by Crippen LogP contribution is -2.34. The monoisotopic (exact) mass is 347 g/mol. The molecule has 2 aromatic rings. The van der Waals surface area contributed by atoms with Crippen molar-refractivity contribution in [2.75, 3.05) is 17.6 Å². The number of rotatable bonds is 6. The quantitative estimate of drug-likeness (QED) is 0.775. The Bertz CT molecular complexity index is 734. The van der Waals surface area contributed by atoms with Gasteiger partial charge in [-0.3, -0.25) is 9.59 Å². The van der Waals surface area contributed by atoms with Gasteiger partial charge in [-0.25, -0.2) is 0 Å². The van der Waals surface area contributed by atoms with Crippen molar-refractivity contribution in [2.24, 2.45) is 7.05 Å². The molecule has 0 radical (unpaired) electrons. The Morgan fingerprint density at radius 1 is 1.17 bits per heavy atom. The van der Waals surface area contributed by atoms with E-state index >= 15 is 0 Å². The molecule has 2 rings (SSSR count). The fraction of sp³-hybridized carbons (Fsp3) is 0.375. The fourth-order valence-electron chi connectivity index (χ4n) is 2.32. The van der Waals surface area contributed by atoms with Gasteiger partial charge in [0.15, 0.2) is 5.16 Å². The zero-order valence-electron chi connectivity index (χ0n) is 14.2. The Kier molecular flexibility index (Phi) is 5.97. The van der Waals surface area contributed by atoms with E-state index in [0.29, 0.717) is 5.16 Å². The molecule has 1 heterocycles. The second-order valence-electron chi connectivity index (χ2n) is 5.61. The number of nitrogens with zero attached hydrogens (tertiary/aromatic N) is 3. The third-order valence-corrected chi connectivity index (χ3v) is 4.42. The van der Waals surface area contributed by atoms with Gasteiger partial charge in [-0.1, -0.05) is 29.5 Å². The van der Waals surface area contributed by atoms with Crippen molar-refractivity contribution < 1.29 is 9.59 Å². The molecular formula is C16H21N5O2S. The van der Waals surface area contributed by atoms with Gasteiger partial charge in [0.1, 0.15) is 6.33 Å². The minimum atomic E-state index is -0.248. The molecule has 0 bridgehead atoms. The summed E-state index contributed by atoms with van der Waals surface area (Å²) in [6.07, 6.45) is 1.57. The number of hydrogen-bond acceptors (Lipinski definition) is 5. The zero-order valence-corrected chi connectivity index (χ0v) is 15.0. The van der Waals surface area contributed by atoms with Crippen LogP contribution in [-0.4, -0.2) is 38.9 Å². The second-order valence-corrected chi connectivity index (χ2v) is 6.55. The summed E-state index contributed by atoms with van der Waals surface area (Å²) in [5.41, 5.74) is 3.96. The maximum Gasteiger partial charge on any atom is 0.243 e. The molecule has 0 aliphatic carbocycles. The van der Waals surface area contributed by atoms with E-state index in [0.717, 1.165) is 22.4 Å². The van der Waals surface area contributed by atoms with E-state index in [1.165, 1.54) is 11.8 Å². The molecule has 2 N–H and O–H groups in total. The van der Waals surface area contributed by atoms with E-state index in [2.05, 4.69) is 20.8 Å². The molecule has 24 heavy (non-hydrogen) atoms. The highest BCUT2D eigenvalue weighted by Crippen LogP contribution is 2.21. The van der Waals surface area contributed by atoms with Gasteiger partial charge in [0, 0.05) is 12.7 Å². The minimum absolute atomic E-state index is 0.0645. The highest BCUT2D eigenvalue weighted by molar-refractivity contribution is 7.99. The molecule has 0 aliphatic rings. The van der Waals surface area contributed by atoms with Gasteiger partial charge in [-0.15, -0.1) is 10.2 Å². The molecule has 2 amide bonds. The van der Waals surface area contributed by atoms with Crippen molar-refractivity contribution in [3.8, 4) is 0 Å².